The number of carbonyl (C=O) groups excluding carboxylic acids is 1. The number of amides is 1. The van der Waals surface area contributed by atoms with Gasteiger partial charge in [-0.25, -0.2) is 13.4 Å². The number of hydrogen-bond acceptors (Lipinski definition) is 7. The third-order valence-corrected chi connectivity index (χ3v) is 6.71. The second-order valence-corrected chi connectivity index (χ2v) is 10.3. The maximum atomic E-state index is 13.4. The van der Waals surface area contributed by atoms with Gasteiger partial charge in [0.15, 0.2) is 15.0 Å². The van der Waals surface area contributed by atoms with Crippen molar-refractivity contribution >= 4 is 42.4 Å². The Labute approximate surface area is 180 Å². The summed E-state index contributed by atoms with van der Waals surface area (Å²) in [5.74, 6) is 0.453. The van der Waals surface area contributed by atoms with Gasteiger partial charge in [0.25, 0.3) is 5.91 Å². The van der Waals surface area contributed by atoms with Crippen LogP contribution in [0, 0.1) is 0 Å². The van der Waals surface area contributed by atoms with E-state index in [-0.39, 0.29) is 10.8 Å². The minimum absolute atomic E-state index is 0.121. The summed E-state index contributed by atoms with van der Waals surface area (Å²) in [4.78, 5) is 21.8. The standard InChI is InChI=1S/C21H25N3O4S2/c1-23(2)11-6-12-24(20(25)15-7-5-8-17(13-15)30(4,26)27)21-22-18-10-9-16(28-3)14-19(18)29-21/h5,7-10,13-14H,6,11-12H2,1-4H3. The van der Waals surface area contributed by atoms with Crippen molar-refractivity contribution in [2.75, 3.05) is 45.5 Å². The molecule has 0 spiro atoms. The van der Waals surface area contributed by atoms with Gasteiger partial charge in [0.05, 0.1) is 22.2 Å². The Morgan fingerprint density at radius 2 is 1.90 bits per heavy atom. The Hall–Kier alpha value is -2.49. The maximum Gasteiger partial charge on any atom is 0.260 e. The molecule has 9 heteroatoms. The van der Waals surface area contributed by atoms with Gasteiger partial charge in [-0.3, -0.25) is 9.69 Å². The molecule has 2 aromatic carbocycles. The molecule has 0 bridgehead atoms. The van der Waals surface area contributed by atoms with E-state index in [1.165, 1.54) is 23.5 Å². The quantitative estimate of drug-likeness (QED) is 0.527. The highest BCUT2D eigenvalue weighted by Gasteiger charge is 2.22. The Morgan fingerprint density at radius 1 is 1.13 bits per heavy atom. The molecule has 1 aromatic heterocycles. The SMILES string of the molecule is COc1ccc2nc(N(CCCN(C)C)C(=O)c3cccc(S(C)(=O)=O)c3)sc2c1. The van der Waals surface area contributed by atoms with Crippen molar-refractivity contribution in [2.45, 2.75) is 11.3 Å². The lowest BCUT2D eigenvalue weighted by Gasteiger charge is -2.21. The Bertz CT molecular complexity index is 1160. The highest BCUT2D eigenvalue weighted by Crippen LogP contribution is 2.32. The van der Waals surface area contributed by atoms with Gasteiger partial charge < -0.3 is 9.64 Å². The number of fused-ring (bicyclic) bond motifs is 1. The number of sulfone groups is 1. The lowest BCUT2D eigenvalue weighted by molar-refractivity contribution is 0.0986. The number of ether oxygens (including phenoxy) is 1. The molecule has 0 radical (unpaired) electrons. The number of carbonyl (C=O) groups is 1. The van der Waals surface area contributed by atoms with Crippen LogP contribution in [0.1, 0.15) is 16.8 Å². The summed E-state index contributed by atoms with van der Waals surface area (Å²) < 4.78 is 30.0. The molecule has 0 aliphatic rings. The molecule has 3 aromatic rings. The zero-order chi connectivity index (χ0) is 21.9. The monoisotopic (exact) mass is 447 g/mol. The normalized spacial score (nSPS) is 11.8. The van der Waals surface area contributed by atoms with Gasteiger partial charge >= 0.3 is 0 Å². The molecule has 0 unspecified atom stereocenters. The third-order valence-electron chi connectivity index (χ3n) is 4.56. The molecule has 0 aliphatic heterocycles. The molecule has 0 saturated carbocycles. The van der Waals surface area contributed by atoms with E-state index in [0.29, 0.717) is 17.2 Å². The van der Waals surface area contributed by atoms with Crippen LogP contribution in [0.4, 0.5) is 5.13 Å². The Balaban J connectivity index is 1.99. The van der Waals surface area contributed by atoms with Gasteiger partial charge in [0.1, 0.15) is 5.75 Å². The lowest BCUT2D eigenvalue weighted by atomic mass is 10.2. The Morgan fingerprint density at radius 3 is 2.57 bits per heavy atom. The highest BCUT2D eigenvalue weighted by atomic mass is 32.2. The Kier molecular flexibility index (Phi) is 6.74. The fourth-order valence-corrected chi connectivity index (χ4v) is 4.67. The van der Waals surface area contributed by atoms with E-state index in [1.807, 2.05) is 32.3 Å². The number of rotatable bonds is 8. The number of nitrogens with zero attached hydrogens (tertiary/aromatic N) is 3. The molecule has 1 heterocycles. The summed E-state index contributed by atoms with van der Waals surface area (Å²) in [5, 5.41) is 0.576. The van der Waals surface area contributed by atoms with Crippen molar-refractivity contribution in [2.24, 2.45) is 0 Å². The minimum atomic E-state index is -3.41. The van der Waals surface area contributed by atoms with Crippen LogP contribution >= 0.6 is 11.3 Å². The lowest BCUT2D eigenvalue weighted by Crippen LogP contribution is -2.33. The largest absolute Gasteiger partial charge is 0.497 e. The molecule has 0 atom stereocenters. The fourth-order valence-electron chi connectivity index (χ4n) is 2.98. The van der Waals surface area contributed by atoms with E-state index in [9.17, 15) is 13.2 Å². The predicted octanol–water partition coefficient (Wildman–Crippen LogP) is 3.31. The molecular formula is C21H25N3O4S2. The smallest absolute Gasteiger partial charge is 0.260 e. The second kappa shape index (κ2) is 9.11. The van der Waals surface area contributed by atoms with Gasteiger partial charge in [0, 0.05) is 18.4 Å². The number of anilines is 1. The minimum Gasteiger partial charge on any atom is -0.497 e. The van der Waals surface area contributed by atoms with Crippen molar-refractivity contribution in [3.8, 4) is 5.75 Å². The van der Waals surface area contributed by atoms with E-state index in [4.69, 9.17) is 4.74 Å². The number of benzene rings is 2. The number of aromatic nitrogens is 1. The van der Waals surface area contributed by atoms with Crippen LogP contribution in [0.5, 0.6) is 5.75 Å². The van der Waals surface area contributed by atoms with Crippen molar-refractivity contribution < 1.29 is 17.9 Å². The van der Waals surface area contributed by atoms with E-state index in [2.05, 4.69) is 9.88 Å². The van der Waals surface area contributed by atoms with E-state index < -0.39 is 9.84 Å². The summed E-state index contributed by atoms with van der Waals surface area (Å²) in [6.07, 6.45) is 1.89. The first-order valence-electron chi connectivity index (χ1n) is 9.40. The van der Waals surface area contributed by atoms with Crippen LogP contribution in [0.2, 0.25) is 0 Å². The molecule has 0 N–H and O–H groups in total. The summed E-state index contributed by atoms with van der Waals surface area (Å²) in [7, 11) is 2.15. The molecule has 30 heavy (non-hydrogen) atoms. The van der Waals surface area contributed by atoms with Crippen molar-refractivity contribution in [3.63, 3.8) is 0 Å². The first-order valence-corrected chi connectivity index (χ1v) is 12.1. The van der Waals surface area contributed by atoms with Crippen LogP contribution < -0.4 is 9.64 Å². The zero-order valence-corrected chi connectivity index (χ0v) is 19.1. The topological polar surface area (TPSA) is 79.8 Å². The molecule has 0 fully saturated rings. The summed E-state index contributed by atoms with van der Waals surface area (Å²) in [6.45, 7) is 1.28. The van der Waals surface area contributed by atoms with Gasteiger partial charge in [-0.05, 0) is 63.5 Å². The van der Waals surface area contributed by atoms with Crippen molar-refractivity contribution in [1.82, 2.24) is 9.88 Å². The third kappa shape index (κ3) is 5.16. The van der Waals surface area contributed by atoms with Crippen LogP contribution in [-0.2, 0) is 9.84 Å². The van der Waals surface area contributed by atoms with Crippen LogP contribution in [0.15, 0.2) is 47.4 Å². The van der Waals surface area contributed by atoms with E-state index in [1.54, 1.807) is 24.1 Å². The molecule has 0 saturated heterocycles. The van der Waals surface area contributed by atoms with E-state index in [0.717, 1.165) is 35.2 Å². The summed E-state index contributed by atoms with van der Waals surface area (Å²) in [6, 6.07) is 11.7. The number of thiazole rings is 1. The summed E-state index contributed by atoms with van der Waals surface area (Å²) in [5.41, 5.74) is 1.10. The number of methoxy groups -OCH3 is 1. The highest BCUT2D eigenvalue weighted by molar-refractivity contribution is 7.90. The first-order chi connectivity index (χ1) is 14.2. The molecular weight excluding hydrogens is 422 g/mol. The molecule has 1 amide bonds. The summed E-state index contributed by atoms with van der Waals surface area (Å²) >= 11 is 1.41. The molecule has 3 rings (SSSR count). The number of hydrogen-bond donors (Lipinski definition) is 0. The average molecular weight is 448 g/mol. The fraction of sp³-hybridized carbons (Fsp3) is 0.333. The zero-order valence-electron chi connectivity index (χ0n) is 17.5. The second-order valence-electron chi connectivity index (χ2n) is 7.24. The maximum absolute atomic E-state index is 13.4. The van der Waals surface area contributed by atoms with E-state index >= 15 is 0 Å². The molecule has 7 nitrogen and oxygen atoms in total. The van der Waals surface area contributed by atoms with Crippen molar-refractivity contribution in [1.29, 1.82) is 0 Å². The van der Waals surface area contributed by atoms with Crippen LogP contribution in [0.25, 0.3) is 10.2 Å². The van der Waals surface area contributed by atoms with Crippen LogP contribution in [-0.4, -0.2) is 64.8 Å². The van der Waals surface area contributed by atoms with Crippen LogP contribution in [0.3, 0.4) is 0 Å². The van der Waals surface area contributed by atoms with Gasteiger partial charge in [0.2, 0.25) is 0 Å². The average Bonchev–Trinajstić information content (AvgIpc) is 3.12. The van der Waals surface area contributed by atoms with Gasteiger partial charge in [-0.2, -0.15) is 0 Å². The predicted molar refractivity (Wildman–Crippen MR) is 121 cm³/mol. The molecule has 0 aliphatic carbocycles. The van der Waals surface area contributed by atoms with Gasteiger partial charge in [-0.1, -0.05) is 17.4 Å². The first kappa shape index (κ1) is 22.2. The van der Waals surface area contributed by atoms with Gasteiger partial charge in [-0.15, -0.1) is 0 Å². The van der Waals surface area contributed by atoms with Crippen molar-refractivity contribution in [3.05, 3.63) is 48.0 Å². The molecule has 160 valence electrons.